The van der Waals surface area contributed by atoms with Crippen LogP contribution in [0.4, 0.5) is 0 Å². The van der Waals surface area contributed by atoms with E-state index in [0.717, 1.165) is 4.90 Å². The first-order valence-corrected chi connectivity index (χ1v) is 4.17. The largest absolute Gasteiger partial charge is 0.468 e. The van der Waals surface area contributed by atoms with Gasteiger partial charge in [0.05, 0.1) is 7.11 Å². The molecule has 0 saturated heterocycles. The van der Waals surface area contributed by atoms with E-state index in [9.17, 15) is 9.59 Å². The number of carbonyl (C=O) groups is 2. The van der Waals surface area contributed by atoms with E-state index in [-0.39, 0.29) is 12.4 Å². The molecule has 1 aromatic rings. The van der Waals surface area contributed by atoms with Crippen LogP contribution in [-0.4, -0.2) is 47.6 Å². The van der Waals surface area contributed by atoms with Crippen molar-refractivity contribution in [3.8, 4) is 0 Å². The van der Waals surface area contributed by atoms with E-state index >= 15 is 0 Å². The van der Waals surface area contributed by atoms with Crippen molar-refractivity contribution in [2.24, 2.45) is 0 Å². The van der Waals surface area contributed by atoms with Gasteiger partial charge in [-0.25, -0.2) is 0 Å². The minimum Gasteiger partial charge on any atom is -0.468 e. The quantitative estimate of drug-likeness (QED) is 0.636. The molecule has 0 atom stereocenters. The highest BCUT2D eigenvalue weighted by atomic mass is 16.5. The van der Waals surface area contributed by atoms with Crippen molar-refractivity contribution in [3.63, 3.8) is 0 Å². The molecule has 0 fully saturated rings. The second-order valence-electron chi connectivity index (χ2n) is 2.87. The van der Waals surface area contributed by atoms with Gasteiger partial charge in [-0.15, -0.1) is 0 Å². The summed E-state index contributed by atoms with van der Waals surface area (Å²) in [6.07, 6.45) is 0. The Hall–Kier alpha value is -1.92. The van der Waals surface area contributed by atoms with Crippen LogP contribution in [0.2, 0.25) is 0 Å². The molecule has 0 aliphatic heterocycles. The molecule has 1 aromatic heterocycles. The number of likely N-dealkylation sites (N-methyl/N-ethyl adjacent to an activating group) is 1. The van der Waals surface area contributed by atoms with Crippen LogP contribution in [0, 0.1) is 6.92 Å². The molecule has 82 valence electrons. The van der Waals surface area contributed by atoms with Gasteiger partial charge in [0, 0.05) is 14.0 Å². The monoisotopic (exact) mass is 213 g/mol. The lowest BCUT2D eigenvalue weighted by Gasteiger charge is -2.12. The summed E-state index contributed by atoms with van der Waals surface area (Å²) in [6, 6.07) is 0. The van der Waals surface area contributed by atoms with E-state index in [1.54, 1.807) is 6.92 Å². The molecular weight excluding hydrogens is 202 g/mol. The van der Waals surface area contributed by atoms with Crippen molar-refractivity contribution in [3.05, 3.63) is 11.7 Å². The summed E-state index contributed by atoms with van der Waals surface area (Å²) >= 11 is 0. The van der Waals surface area contributed by atoms with Crippen LogP contribution in [0.1, 0.15) is 16.5 Å². The number of carbonyl (C=O) groups excluding carboxylic acids is 2. The number of hydrogen-bond acceptors (Lipinski definition) is 6. The Morgan fingerprint density at radius 2 is 2.20 bits per heavy atom. The van der Waals surface area contributed by atoms with Gasteiger partial charge < -0.3 is 14.2 Å². The molecular formula is C8H11N3O4. The molecule has 7 heteroatoms. The molecule has 1 rings (SSSR count). The SMILES string of the molecule is COC(=O)CN(C)C(=O)c1noc(C)n1. The second kappa shape index (κ2) is 4.54. The lowest BCUT2D eigenvalue weighted by Crippen LogP contribution is -2.33. The molecule has 1 heterocycles. The van der Waals surface area contributed by atoms with Crippen molar-refractivity contribution in [2.75, 3.05) is 20.7 Å². The average Bonchev–Trinajstić information content (AvgIpc) is 2.63. The van der Waals surface area contributed by atoms with Crippen LogP contribution >= 0.6 is 0 Å². The van der Waals surface area contributed by atoms with Gasteiger partial charge in [0.2, 0.25) is 5.89 Å². The average molecular weight is 213 g/mol. The van der Waals surface area contributed by atoms with E-state index in [4.69, 9.17) is 0 Å². The fourth-order valence-corrected chi connectivity index (χ4v) is 0.887. The number of nitrogens with zero attached hydrogens (tertiary/aromatic N) is 3. The zero-order chi connectivity index (χ0) is 11.4. The molecule has 0 aromatic carbocycles. The molecule has 0 bridgehead atoms. The standard InChI is InChI=1S/C8H11N3O4/c1-5-9-7(10-15-5)8(13)11(2)4-6(12)14-3/h4H2,1-3H3. The summed E-state index contributed by atoms with van der Waals surface area (Å²) in [6.45, 7) is 1.42. The second-order valence-corrected chi connectivity index (χ2v) is 2.87. The Morgan fingerprint density at radius 3 is 2.67 bits per heavy atom. The number of rotatable bonds is 3. The van der Waals surface area contributed by atoms with E-state index in [1.807, 2.05) is 0 Å². The highest BCUT2D eigenvalue weighted by molar-refractivity contribution is 5.92. The van der Waals surface area contributed by atoms with Gasteiger partial charge >= 0.3 is 5.97 Å². The minimum atomic E-state index is -0.508. The molecule has 0 aliphatic rings. The number of amides is 1. The maximum atomic E-state index is 11.5. The third kappa shape index (κ3) is 2.76. The maximum Gasteiger partial charge on any atom is 0.325 e. The van der Waals surface area contributed by atoms with Crippen LogP contribution in [0.3, 0.4) is 0 Å². The highest BCUT2D eigenvalue weighted by Crippen LogP contribution is 1.99. The fraction of sp³-hybridized carbons (Fsp3) is 0.500. The zero-order valence-corrected chi connectivity index (χ0v) is 8.68. The predicted octanol–water partition coefficient (Wildman–Crippen LogP) is -0.377. The summed E-state index contributed by atoms with van der Waals surface area (Å²) in [5.41, 5.74) is 0. The smallest absolute Gasteiger partial charge is 0.325 e. The van der Waals surface area contributed by atoms with E-state index in [1.165, 1.54) is 14.2 Å². The molecule has 0 unspecified atom stereocenters. The highest BCUT2D eigenvalue weighted by Gasteiger charge is 2.19. The normalized spacial score (nSPS) is 9.80. The maximum absolute atomic E-state index is 11.5. The lowest BCUT2D eigenvalue weighted by atomic mass is 10.4. The van der Waals surface area contributed by atoms with Crippen molar-refractivity contribution in [1.82, 2.24) is 15.0 Å². The first-order valence-electron chi connectivity index (χ1n) is 4.17. The number of esters is 1. The van der Waals surface area contributed by atoms with Crippen molar-refractivity contribution >= 4 is 11.9 Å². The van der Waals surface area contributed by atoms with E-state index in [0.29, 0.717) is 5.89 Å². The predicted molar refractivity (Wildman–Crippen MR) is 48.0 cm³/mol. The summed E-state index contributed by atoms with van der Waals surface area (Å²) in [7, 11) is 2.70. The third-order valence-corrected chi connectivity index (χ3v) is 1.66. The Balaban J connectivity index is 2.64. The van der Waals surface area contributed by atoms with Crippen molar-refractivity contribution in [1.29, 1.82) is 0 Å². The van der Waals surface area contributed by atoms with Crippen LogP contribution in [0.25, 0.3) is 0 Å². The first kappa shape index (κ1) is 11.2. The summed E-state index contributed by atoms with van der Waals surface area (Å²) in [4.78, 5) is 27.3. The summed E-state index contributed by atoms with van der Waals surface area (Å²) < 4.78 is 9.06. The Morgan fingerprint density at radius 1 is 1.53 bits per heavy atom. The molecule has 0 saturated carbocycles. The Labute approximate surface area is 86.0 Å². The first-order chi connectivity index (χ1) is 7.04. The Kier molecular flexibility index (Phi) is 3.37. The van der Waals surface area contributed by atoms with Crippen LogP contribution in [-0.2, 0) is 9.53 Å². The zero-order valence-electron chi connectivity index (χ0n) is 8.68. The molecule has 7 nitrogen and oxygen atoms in total. The fourth-order valence-electron chi connectivity index (χ4n) is 0.887. The molecule has 0 N–H and O–H groups in total. The van der Waals surface area contributed by atoms with Crippen LogP contribution < -0.4 is 0 Å². The third-order valence-electron chi connectivity index (χ3n) is 1.66. The van der Waals surface area contributed by atoms with Gasteiger partial charge in [0.1, 0.15) is 6.54 Å². The molecule has 0 spiro atoms. The lowest BCUT2D eigenvalue weighted by molar-refractivity contribution is -0.141. The van der Waals surface area contributed by atoms with Crippen LogP contribution in [0.5, 0.6) is 0 Å². The van der Waals surface area contributed by atoms with Crippen LogP contribution in [0.15, 0.2) is 4.52 Å². The van der Waals surface area contributed by atoms with Gasteiger partial charge in [0.25, 0.3) is 11.7 Å². The number of aromatic nitrogens is 2. The molecule has 0 aliphatic carbocycles. The molecule has 1 amide bonds. The van der Waals surface area contributed by atoms with Crippen molar-refractivity contribution in [2.45, 2.75) is 6.92 Å². The van der Waals surface area contributed by atoms with E-state index in [2.05, 4.69) is 19.4 Å². The van der Waals surface area contributed by atoms with Gasteiger partial charge in [0.15, 0.2) is 0 Å². The topological polar surface area (TPSA) is 85.5 Å². The minimum absolute atomic E-state index is 0.0705. The number of aryl methyl sites for hydroxylation is 1. The van der Waals surface area contributed by atoms with Gasteiger partial charge in [-0.1, -0.05) is 5.16 Å². The van der Waals surface area contributed by atoms with Gasteiger partial charge in [-0.3, -0.25) is 9.59 Å². The van der Waals surface area contributed by atoms with Crippen molar-refractivity contribution < 1.29 is 18.8 Å². The van der Waals surface area contributed by atoms with E-state index < -0.39 is 11.9 Å². The van der Waals surface area contributed by atoms with Gasteiger partial charge in [-0.05, 0) is 0 Å². The summed E-state index contributed by atoms with van der Waals surface area (Å²) in [5.74, 6) is -0.771. The molecule has 15 heavy (non-hydrogen) atoms. The number of hydrogen-bond donors (Lipinski definition) is 0. The number of ether oxygens (including phenoxy) is 1. The number of methoxy groups -OCH3 is 1. The van der Waals surface area contributed by atoms with Gasteiger partial charge in [-0.2, -0.15) is 4.98 Å². The summed E-state index contributed by atoms with van der Waals surface area (Å²) in [5, 5.41) is 3.44. The Bertz CT molecular complexity index is 374. The molecule has 0 radical (unpaired) electrons.